The molecule has 5 heteroatoms. The normalized spacial score (nSPS) is 12.7. The van der Waals surface area contributed by atoms with Crippen LogP contribution in [0.4, 0.5) is 0 Å². The highest BCUT2D eigenvalue weighted by molar-refractivity contribution is 9.10. The molecule has 0 radical (unpaired) electrons. The molecule has 0 aliphatic carbocycles. The van der Waals surface area contributed by atoms with Gasteiger partial charge in [-0.2, -0.15) is 5.10 Å². The zero-order chi connectivity index (χ0) is 15.6. The van der Waals surface area contributed by atoms with Crippen LogP contribution in [0.15, 0.2) is 27.1 Å². The number of rotatable bonds is 5. The van der Waals surface area contributed by atoms with E-state index < -0.39 is 0 Å². The smallest absolute Gasteiger partial charge is 0.0743 e. The maximum atomic E-state index is 4.58. The predicted molar refractivity (Wildman–Crippen MR) is 95.1 cm³/mol. The third kappa shape index (κ3) is 3.58. The summed E-state index contributed by atoms with van der Waals surface area (Å²) in [5, 5.41) is 8.09. The fourth-order valence-electron chi connectivity index (χ4n) is 2.34. The summed E-state index contributed by atoms with van der Waals surface area (Å²) >= 11 is 7.27. The first-order valence-electron chi connectivity index (χ1n) is 7.20. The Bertz CT molecular complexity index is 635. The Kier molecular flexibility index (Phi) is 5.63. The molecule has 2 aromatic rings. The van der Waals surface area contributed by atoms with Crippen molar-refractivity contribution in [3.8, 4) is 5.69 Å². The van der Waals surface area contributed by atoms with Gasteiger partial charge < -0.3 is 5.32 Å². The van der Waals surface area contributed by atoms with Crippen molar-refractivity contribution in [2.24, 2.45) is 0 Å². The molecule has 3 nitrogen and oxygen atoms in total. The summed E-state index contributed by atoms with van der Waals surface area (Å²) in [5.74, 6) is 0. The quantitative estimate of drug-likeness (QED) is 0.739. The van der Waals surface area contributed by atoms with Gasteiger partial charge in [-0.3, -0.25) is 0 Å². The van der Waals surface area contributed by atoms with Crippen LogP contribution in [0.3, 0.4) is 0 Å². The number of aryl methyl sites for hydroxylation is 1. The topological polar surface area (TPSA) is 29.9 Å². The van der Waals surface area contributed by atoms with Crippen molar-refractivity contribution in [1.82, 2.24) is 15.1 Å². The molecule has 21 heavy (non-hydrogen) atoms. The van der Waals surface area contributed by atoms with Gasteiger partial charge in [-0.15, -0.1) is 0 Å². The number of nitrogens with one attached hydrogen (secondary N) is 1. The van der Waals surface area contributed by atoms with Crippen molar-refractivity contribution in [2.75, 3.05) is 6.54 Å². The first kappa shape index (κ1) is 16.7. The molecular formula is C16H21Br2N3. The molecule has 2 rings (SSSR count). The second-order valence-corrected chi connectivity index (χ2v) is 6.93. The molecule has 0 spiro atoms. The van der Waals surface area contributed by atoms with Gasteiger partial charge in [0.15, 0.2) is 0 Å². The van der Waals surface area contributed by atoms with Crippen LogP contribution in [0.5, 0.6) is 0 Å². The molecule has 0 fully saturated rings. The zero-order valence-electron chi connectivity index (χ0n) is 12.9. The third-order valence-electron chi connectivity index (χ3n) is 3.60. The highest BCUT2D eigenvalue weighted by atomic mass is 79.9. The summed E-state index contributed by atoms with van der Waals surface area (Å²) in [4.78, 5) is 0. The fourth-order valence-corrected chi connectivity index (χ4v) is 3.30. The van der Waals surface area contributed by atoms with Crippen molar-refractivity contribution < 1.29 is 0 Å². The van der Waals surface area contributed by atoms with Crippen molar-refractivity contribution in [1.29, 1.82) is 0 Å². The van der Waals surface area contributed by atoms with E-state index >= 15 is 0 Å². The van der Waals surface area contributed by atoms with E-state index in [4.69, 9.17) is 0 Å². The van der Waals surface area contributed by atoms with E-state index in [2.05, 4.69) is 81.2 Å². The predicted octanol–water partition coefficient (Wildman–Crippen LogP) is 5.07. The average Bonchev–Trinajstić information content (AvgIpc) is 2.72. The molecule has 1 unspecified atom stereocenters. The van der Waals surface area contributed by atoms with Gasteiger partial charge in [-0.05, 0) is 67.4 Å². The maximum absolute atomic E-state index is 4.58. The first-order valence-corrected chi connectivity index (χ1v) is 8.79. The molecule has 114 valence electrons. The number of benzene rings is 1. The van der Waals surface area contributed by atoms with Crippen molar-refractivity contribution in [3.05, 3.63) is 44.1 Å². The summed E-state index contributed by atoms with van der Waals surface area (Å²) in [6.07, 6.45) is 1.14. The second-order valence-electron chi connectivity index (χ2n) is 5.28. The van der Waals surface area contributed by atoms with Gasteiger partial charge >= 0.3 is 0 Å². The van der Waals surface area contributed by atoms with Crippen LogP contribution in [-0.2, 0) is 0 Å². The molecule has 0 aliphatic rings. The average molecular weight is 415 g/mol. The molecule has 1 aromatic heterocycles. The van der Waals surface area contributed by atoms with Gasteiger partial charge in [-0.25, -0.2) is 4.68 Å². The van der Waals surface area contributed by atoms with Crippen LogP contribution < -0.4 is 5.32 Å². The highest BCUT2D eigenvalue weighted by Crippen LogP contribution is 2.28. The SMILES string of the molecule is CCCNC(C)c1ccc(-n2nc(C)c(Br)c2C)cc1Br. The van der Waals surface area contributed by atoms with E-state index in [1.165, 1.54) is 5.56 Å². The Balaban J connectivity index is 2.32. The molecule has 0 amide bonds. The van der Waals surface area contributed by atoms with Crippen molar-refractivity contribution in [2.45, 2.75) is 40.2 Å². The number of halogens is 2. The molecule has 0 aliphatic heterocycles. The van der Waals surface area contributed by atoms with Gasteiger partial charge in [0, 0.05) is 10.5 Å². The number of nitrogens with zero attached hydrogens (tertiary/aromatic N) is 2. The Morgan fingerprint density at radius 3 is 2.52 bits per heavy atom. The van der Waals surface area contributed by atoms with Gasteiger partial charge in [-0.1, -0.05) is 28.9 Å². The van der Waals surface area contributed by atoms with E-state index in [1.807, 2.05) is 11.6 Å². The Labute approximate surface area is 143 Å². The molecule has 0 saturated carbocycles. The van der Waals surface area contributed by atoms with E-state index in [0.717, 1.165) is 39.0 Å². The first-order chi connectivity index (χ1) is 9.95. The number of aromatic nitrogens is 2. The Hall–Kier alpha value is -0.650. The summed E-state index contributed by atoms with van der Waals surface area (Å²) in [6, 6.07) is 6.75. The summed E-state index contributed by atoms with van der Waals surface area (Å²) in [7, 11) is 0. The molecule has 1 heterocycles. The van der Waals surface area contributed by atoms with Gasteiger partial charge in [0.05, 0.1) is 21.5 Å². The molecule has 0 bridgehead atoms. The Morgan fingerprint density at radius 1 is 1.29 bits per heavy atom. The lowest BCUT2D eigenvalue weighted by molar-refractivity contribution is 0.569. The van der Waals surface area contributed by atoms with E-state index in [1.54, 1.807) is 0 Å². The lowest BCUT2D eigenvalue weighted by Gasteiger charge is -2.16. The lowest BCUT2D eigenvalue weighted by atomic mass is 10.1. The maximum Gasteiger partial charge on any atom is 0.0743 e. The zero-order valence-corrected chi connectivity index (χ0v) is 16.0. The van der Waals surface area contributed by atoms with Gasteiger partial charge in [0.2, 0.25) is 0 Å². The summed E-state index contributed by atoms with van der Waals surface area (Å²) < 4.78 is 4.15. The molecule has 1 N–H and O–H groups in total. The van der Waals surface area contributed by atoms with Crippen LogP contribution in [0, 0.1) is 13.8 Å². The van der Waals surface area contributed by atoms with Gasteiger partial charge in [0.25, 0.3) is 0 Å². The summed E-state index contributed by atoms with van der Waals surface area (Å²) in [6.45, 7) is 9.47. The Morgan fingerprint density at radius 2 is 2.00 bits per heavy atom. The molecule has 0 saturated heterocycles. The van der Waals surface area contributed by atoms with Crippen LogP contribution in [0.25, 0.3) is 5.69 Å². The van der Waals surface area contributed by atoms with Crippen molar-refractivity contribution in [3.63, 3.8) is 0 Å². The third-order valence-corrected chi connectivity index (χ3v) is 5.43. The van der Waals surface area contributed by atoms with E-state index in [-0.39, 0.29) is 0 Å². The van der Waals surface area contributed by atoms with Crippen LogP contribution in [-0.4, -0.2) is 16.3 Å². The van der Waals surface area contributed by atoms with E-state index in [0.29, 0.717) is 6.04 Å². The summed E-state index contributed by atoms with van der Waals surface area (Å²) in [5.41, 5.74) is 4.46. The highest BCUT2D eigenvalue weighted by Gasteiger charge is 2.13. The van der Waals surface area contributed by atoms with Gasteiger partial charge in [0.1, 0.15) is 0 Å². The monoisotopic (exact) mass is 413 g/mol. The van der Waals surface area contributed by atoms with E-state index in [9.17, 15) is 0 Å². The molecule has 1 atom stereocenters. The largest absolute Gasteiger partial charge is 0.310 e. The minimum Gasteiger partial charge on any atom is -0.310 e. The van der Waals surface area contributed by atoms with Crippen LogP contribution in [0.1, 0.15) is 43.3 Å². The lowest BCUT2D eigenvalue weighted by Crippen LogP contribution is -2.19. The molecular weight excluding hydrogens is 394 g/mol. The number of hydrogen-bond donors (Lipinski definition) is 1. The second kappa shape index (κ2) is 7.07. The van der Waals surface area contributed by atoms with Crippen LogP contribution >= 0.6 is 31.9 Å². The minimum atomic E-state index is 0.334. The molecule has 1 aromatic carbocycles. The van der Waals surface area contributed by atoms with Crippen LogP contribution in [0.2, 0.25) is 0 Å². The fraction of sp³-hybridized carbons (Fsp3) is 0.438. The number of hydrogen-bond acceptors (Lipinski definition) is 2. The van der Waals surface area contributed by atoms with Crippen molar-refractivity contribution >= 4 is 31.9 Å². The minimum absolute atomic E-state index is 0.334. The standard InChI is InChI=1S/C16H21Br2N3/c1-5-8-19-10(2)14-7-6-13(9-15(14)17)21-12(4)16(18)11(3)20-21/h6-7,9-10,19H,5,8H2,1-4H3.